The van der Waals surface area contributed by atoms with Gasteiger partial charge in [0.25, 0.3) is 5.91 Å². The summed E-state index contributed by atoms with van der Waals surface area (Å²) in [6.07, 6.45) is 3.23. The summed E-state index contributed by atoms with van der Waals surface area (Å²) in [5.74, 6) is -0.256. The summed E-state index contributed by atoms with van der Waals surface area (Å²) in [5.41, 5.74) is 3.61. The highest BCUT2D eigenvalue weighted by atomic mass is 79.9. The summed E-state index contributed by atoms with van der Waals surface area (Å²) >= 11 is 4.94. The Morgan fingerprint density at radius 3 is 2.53 bits per heavy atom. The number of carbonyl (C=O) groups excluding carboxylic acids is 2. The molecule has 0 saturated heterocycles. The molecule has 0 fully saturated rings. The molecular weight excluding hydrogens is 486 g/mol. The molecule has 3 N–H and O–H groups in total. The van der Waals surface area contributed by atoms with Crippen molar-refractivity contribution in [3.8, 4) is 0 Å². The number of amides is 2. The van der Waals surface area contributed by atoms with Crippen molar-refractivity contribution in [2.75, 3.05) is 17.2 Å². The molecule has 3 aromatic rings. The maximum atomic E-state index is 13.1. The van der Waals surface area contributed by atoms with E-state index in [1.54, 1.807) is 0 Å². The molecule has 166 valence electrons. The number of fused-ring (bicyclic) bond motifs is 1. The Kier molecular flexibility index (Phi) is 7.40. The third-order valence-corrected chi connectivity index (χ3v) is 7.34. The maximum Gasteiger partial charge on any atom is 0.258 e. The van der Waals surface area contributed by atoms with Crippen LogP contribution in [-0.4, -0.2) is 18.4 Å². The second-order valence-corrected chi connectivity index (χ2v) is 9.93. The number of benzene rings is 2. The van der Waals surface area contributed by atoms with Crippen LogP contribution in [0.5, 0.6) is 0 Å². The van der Waals surface area contributed by atoms with Crippen LogP contribution in [0.4, 0.5) is 10.7 Å². The summed E-state index contributed by atoms with van der Waals surface area (Å²) in [7, 11) is 0. The number of nitrogens with one attached hydrogen (secondary N) is 3. The smallest absolute Gasteiger partial charge is 0.258 e. The molecule has 0 unspecified atom stereocenters. The van der Waals surface area contributed by atoms with E-state index in [1.165, 1.54) is 21.8 Å². The van der Waals surface area contributed by atoms with E-state index in [0.29, 0.717) is 23.5 Å². The molecule has 1 atom stereocenters. The minimum Gasteiger partial charge on any atom is -0.322 e. The Hall–Kier alpha value is -2.48. The second kappa shape index (κ2) is 10.4. The van der Waals surface area contributed by atoms with Crippen molar-refractivity contribution in [3.05, 3.63) is 80.6 Å². The third-order valence-electron chi connectivity index (χ3n) is 5.61. The van der Waals surface area contributed by atoms with E-state index in [4.69, 9.17) is 0 Å². The van der Waals surface area contributed by atoms with E-state index in [2.05, 4.69) is 50.9 Å². The lowest BCUT2D eigenvalue weighted by molar-refractivity contribution is -0.116. The Morgan fingerprint density at radius 1 is 1.03 bits per heavy atom. The van der Waals surface area contributed by atoms with E-state index in [-0.39, 0.29) is 17.9 Å². The van der Waals surface area contributed by atoms with Crippen LogP contribution in [0.15, 0.2) is 59.1 Å². The van der Waals surface area contributed by atoms with Crippen LogP contribution >= 0.6 is 27.3 Å². The summed E-state index contributed by atoms with van der Waals surface area (Å²) in [4.78, 5) is 27.0. The van der Waals surface area contributed by atoms with Crippen molar-refractivity contribution in [3.63, 3.8) is 0 Å². The van der Waals surface area contributed by atoms with Gasteiger partial charge in [-0.05, 0) is 61.6 Å². The molecule has 5 nitrogen and oxygen atoms in total. The molecule has 7 heteroatoms. The predicted molar refractivity (Wildman–Crippen MR) is 135 cm³/mol. The zero-order chi connectivity index (χ0) is 22.5. The first-order chi connectivity index (χ1) is 15.5. The second-order valence-electron chi connectivity index (χ2n) is 7.91. The Labute approximate surface area is 200 Å². The van der Waals surface area contributed by atoms with Crippen molar-refractivity contribution in [2.24, 2.45) is 0 Å². The normalized spacial score (nSPS) is 13.4. The number of thiophene rings is 1. The van der Waals surface area contributed by atoms with Gasteiger partial charge in [0.05, 0.1) is 5.56 Å². The van der Waals surface area contributed by atoms with Crippen molar-refractivity contribution in [1.82, 2.24) is 5.32 Å². The molecule has 2 amide bonds. The molecule has 1 aliphatic carbocycles. The number of hydrogen-bond acceptors (Lipinski definition) is 4. The minimum absolute atomic E-state index is 0.0876. The standard InChI is InChI=1S/C25H26BrN3O2S/c1-16(17-6-3-2-4-7-17)27-15-14-22(30)29-25-23(20-8-5-9-21(20)32-25)24(31)28-19-12-10-18(26)11-13-19/h2-4,6-7,10-13,16,27H,5,8-9,14-15H2,1H3,(H,28,31)(H,29,30)/t16-/m1/s1. The quantitative estimate of drug-likeness (QED) is 0.350. The molecule has 1 heterocycles. The van der Waals surface area contributed by atoms with Gasteiger partial charge in [-0.1, -0.05) is 46.3 Å². The minimum atomic E-state index is -0.169. The van der Waals surface area contributed by atoms with Gasteiger partial charge < -0.3 is 16.0 Å². The lowest BCUT2D eigenvalue weighted by Gasteiger charge is -2.14. The van der Waals surface area contributed by atoms with E-state index in [0.717, 1.165) is 35.0 Å². The molecule has 0 saturated carbocycles. The fourth-order valence-electron chi connectivity index (χ4n) is 3.91. The van der Waals surface area contributed by atoms with Crippen LogP contribution < -0.4 is 16.0 Å². The van der Waals surface area contributed by atoms with E-state index in [1.807, 2.05) is 42.5 Å². The van der Waals surface area contributed by atoms with Gasteiger partial charge in [0.1, 0.15) is 5.00 Å². The largest absolute Gasteiger partial charge is 0.322 e. The first kappa shape index (κ1) is 22.7. The molecule has 1 aromatic heterocycles. The molecule has 2 aromatic carbocycles. The van der Waals surface area contributed by atoms with Gasteiger partial charge in [0.2, 0.25) is 5.91 Å². The van der Waals surface area contributed by atoms with Crippen LogP contribution in [0, 0.1) is 0 Å². The summed E-state index contributed by atoms with van der Waals surface area (Å²) in [5, 5.41) is 10.0. The van der Waals surface area contributed by atoms with Crippen molar-refractivity contribution in [1.29, 1.82) is 0 Å². The number of rotatable bonds is 8. The molecule has 1 aliphatic rings. The first-order valence-corrected chi connectivity index (χ1v) is 12.4. The average Bonchev–Trinajstić information content (AvgIpc) is 3.36. The summed E-state index contributed by atoms with van der Waals surface area (Å²) in [6.45, 7) is 2.65. The maximum absolute atomic E-state index is 13.1. The molecule has 0 spiro atoms. The van der Waals surface area contributed by atoms with Crippen LogP contribution in [0.2, 0.25) is 0 Å². The van der Waals surface area contributed by atoms with Crippen LogP contribution in [0.1, 0.15) is 52.2 Å². The fraction of sp³-hybridized carbons (Fsp3) is 0.280. The van der Waals surface area contributed by atoms with E-state index >= 15 is 0 Å². The number of carbonyl (C=O) groups is 2. The average molecular weight is 512 g/mol. The Balaban J connectivity index is 1.39. The van der Waals surface area contributed by atoms with Crippen LogP contribution in [0.3, 0.4) is 0 Å². The van der Waals surface area contributed by atoms with Gasteiger partial charge in [0, 0.05) is 34.0 Å². The molecule has 0 aliphatic heterocycles. The van der Waals surface area contributed by atoms with Crippen molar-refractivity contribution < 1.29 is 9.59 Å². The third kappa shape index (κ3) is 5.46. The Morgan fingerprint density at radius 2 is 1.78 bits per heavy atom. The molecular formula is C25H26BrN3O2S. The SMILES string of the molecule is C[C@@H](NCCC(=O)Nc1sc2c(c1C(=O)Nc1ccc(Br)cc1)CCC2)c1ccccc1. The number of halogens is 1. The number of hydrogen-bond donors (Lipinski definition) is 3. The first-order valence-electron chi connectivity index (χ1n) is 10.8. The van der Waals surface area contributed by atoms with Gasteiger partial charge in [0.15, 0.2) is 0 Å². The highest BCUT2D eigenvalue weighted by molar-refractivity contribution is 9.10. The van der Waals surface area contributed by atoms with Crippen LogP contribution in [0.25, 0.3) is 0 Å². The topological polar surface area (TPSA) is 70.2 Å². The van der Waals surface area contributed by atoms with Crippen LogP contribution in [-0.2, 0) is 17.6 Å². The Bertz CT molecular complexity index is 1100. The highest BCUT2D eigenvalue weighted by Crippen LogP contribution is 2.39. The predicted octanol–water partition coefficient (Wildman–Crippen LogP) is 5.93. The van der Waals surface area contributed by atoms with Gasteiger partial charge >= 0.3 is 0 Å². The summed E-state index contributed by atoms with van der Waals surface area (Å²) in [6, 6.07) is 17.8. The van der Waals surface area contributed by atoms with Gasteiger partial charge in [-0.15, -0.1) is 11.3 Å². The van der Waals surface area contributed by atoms with E-state index < -0.39 is 0 Å². The molecule has 4 rings (SSSR count). The fourth-order valence-corrected chi connectivity index (χ4v) is 5.48. The molecule has 32 heavy (non-hydrogen) atoms. The number of anilines is 2. The lowest BCUT2D eigenvalue weighted by atomic mass is 10.1. The van der Waals surface area contributed by atoms with E-state index in [9.17, 15) is 9.59 Å². The van der Waals surface area contributed by atoms with Crippen molar-refractivity contribution in [2.45, 2.75) is 38.6 Å². The van der Waals surface area contributed by atoms with Gasteiger partial charge in [-0.3, -0.25) is 9.59 Å². The summed E-state index contributed by atoms with van der Waals surface area (Å²) < 4.78 is 0.954. The van der Waals surface area contributed by atoms with Gasteiger partial charge in [-0.25, -0.2) is 0 Å². The van der Waals surface area contributed by atoms with Crippen molar-refractivity contribution >= 4 is 49.8 Å². The lowest BCUT2D eigenvalue weighted by Crippen LogP contribution is -2.25. The van der Waals surface area contributed by atoms with Gasteiger partial charge in [-0.2, -0.15) is 0 Å². The molecule has 0 radical (unpaired) electrons. The monoisotopic (exact) mass is 511 g/mol. The highest BCUT2D eigenvalue weighted by Gasteiger charge is 2.27. The zero-order valence-corrected chi connectivity index (χ0v) is 20.3. The zero-order valence-electron chi connectivity index (χ0n) is 17.9. The number of aryl methyl sites for hydroxylation is 1. The molecule has 0 bridgehead atoms.